The van der Waals surface area contributed by atoms with Gasteiger partial charge in [0.15, 0.2) is 0 Å². The number of carbonyl (C=O) groups excluding carboxylic acids is 1. The van der Waals surface area contributed by atoms with Crippen molar-refractivity contribution < 1.29 is 24.1 Å². The van der Waals surface area contributed by atoms with Crippen LogP contribution in [0.25, 0.3) is 0 Å². The lowest BCUT2D eigenvalue weighted by atomic mass is 10.1. The van der Waals surface area contributed by atoms with Crippen molar-refractivity contribution in [1.82, 2.24) is 4.90 Å². The summed E-state index contributed by atoms with van der Waals surface area (Å²) < 4.78 is 17.2. The summed E-state index contributed by atoms with van der Waals surface area (Å²) in [4.78, 5) is 14.2. The van der Waals surface area contributed by atoms with Crippen molar-refractivity contribution in [1.29, 1.82) is 0 Å². The van der Waals surface area contributed by atoms with E-state index in [4.69, 9.17) is 14.2 Å². The highest BCUT2D eigenvalue weighted by molar-refractivity contribution is 5.69. The van der Waals surface area contributed by atoms with Gasteiger partial charge in [0.2, 0.25) is 0 Å². The smallest absolute Gasteiger partial charge is 0.410 e. The van der Waals surface area contributed by atoms with Gasteiger partial charge in [-0.2, -0.15) is 0 Å². The molecule has 27 heavy (non-hydrogen) atoms. The predicted molar refractivity (Wildman–Crippen MR) is 97.9 cm³/mol. The SMILES string of the molecule is O=C(OCc1ccccc1)N1C[C@@H](OCc2ccccc2)C2OC[C@H](O)[C@H]21. The number of ether oxygens (including phenoxy) is 3. The van der Waals surface area contributed by atoms with E-state index >= 15 is 0 Å². The van der Waals surface area contributed by atoms with Gasteiger partial charge >= 0.3 is 6.09 Å². The average molecular weight is 369 g/mol. The average Bonchev–Trinajstić information content (AvgIpc) is 3.27. The zero-order valence-electron chi connectivity index (χ0n) is 14.9. The van der Waals surface area contributed by atoms with Crippen molar-refractivity contribution in [2.24, 2.45) is 0 Å². The maximum Gasteiger partial charge on any atom is 0.410 e. The predicted octanol–water partition coefficient (Wildman–Crippen LogP) is 2.35. The summed E-state index contributed by atoms with van der Waals surface area (Å²) in [7, 11) is 0. The Kier molecular flexibility index (Phi) is 5.38. The number of carbonyl (C=O) groups is 1. The molecule has 0 aliphatic carbocycles. The molecule has 2 aromatic rings. The number of fused-ring (bicyclic) bond motifs is 1. The van der Waals surface area contributed by atoms with Crippen LogP contribution in [0.5, 0.6) is 0 Å². The highest BCUT2D eigenvalue weighted by Gasteiger charge is 2.53. The molecular formula is C21H23NO5. The number of aliphatic hydroxyl groups excluding tert-OH is 1. The Hall–Kier alpha value is -2.41. The number of aliphatic hydroxyl groups is 1. The Labute approximate surface area is 158 Å². The Morgan fingerprint density at radius 1 is 1.04 bits per heavy atom. The first kappa shape index (κ1) is 18.0. The second kappa shape index (κ2) is 8.08. The third-order valence-corrected chi connectivity index (χ3v) is 5.04. The molecule has 0 aromatic heterocycles. The van der Waals surface area contributed by atoms with E-state index in [0.717, 1.165) is 11.1 Å². The first-order valence-corrected chi connectivity index (χ1v) is 9.15. The fraction of sp³-hybridized carbons (Fsp3) is 0.381. The van der Waals surface area contributed by atoms with Gasteiger partial charge in [-0.25, -0.2) is 4.79 Å². The molecule has 6 heteroatoms. The van der Waals surface area contributed by atoms with Crippen molar-refractivity contribution in [3.05, 3.63) is 71.8 Å². The Morgan fingerprint density at radius 3 is 2.33 bits per heavy atom. The van der Waals surface area contributed by atoms with Crippen LogP contribution >= 0.6 is 0 Å². The number of rotatable bonds is 5. The van der Waals surface area contributed by atoms with Gasteiger partial charge in [0.25, 0.3) is 0 Å². The maximum absolute atomic E-state index is 12.6. The van der Waals surface area contributed by atoms with Gasteiger partial charge < -0.3 is 19.3 Å². The number of hydrogen-bond acceptors (Lipinski definition) is 5. The van der Waals surface area contributed by atoms with Gasteiger partial charge in [0.1, 0.15) is 24.9 Å². The van der Waals surface area contributed by atoms with E-state index in [-0.39, 0.29) is 25.4 Å². The molecule has 2 saturated heterocycles. The van der Waals surface area contributed by atoms with Crippen LogP contribution in [0.4, 0.5) is 4.79 Å². The third-order valence-electron chi connectivity index (χ3n) is 5.04. The standard InChI is InChI=1S/C21H23NO5/c23-17-14-26-20-18(25-12-15-7-3-1-4-8-15)11-22(19(17)20)21(24)27-13-16-9-5-2-6-10-16/h1-10,17-20,23H,11-14H2/t17-,18+,19+,20?/m0/s1. The highest BCUT2D eigenvalue weighted by Crippen LogP contribution is 2.32. The van der Waals surface area contributed by atoms with Gasteiger partial charge in [0, 0.05) is 0 Å². The summed E-state index contributed by atoms with van der Waals surface area (Å²) in [5.41, 5.74) is 1.97. The number of nitrogens with zero attached hydrogens (tertiary/aromatic N) is 1. The lowest BCUT2D eigenvalue weighted by Crippen LogP contribution is -2.44. The molecule has 142 valence electrons. The zero-order chi connectivity index (χ0) is 18.6. The molecule has 0 saturated carbocycles. The molecule has 2 fully saturated rings. The monoisotopic (exact) mass is 369 g/mol. The van der Waals surface area contributed by atoms with Gasteiger partial charge in [-0.1, -0.05) is 60.7 Å². The summed E-state index contributed by atoms with van der Waals surface area (Å²) in [6, 6.07) is 18.9. The Morgan fingerprint density at radius 2 is 1.67 bits per heavy atom. The van der Waals surface area contributed by atoms with Crippen molar-refractivity contribution in [3.8, 4) is 0 Å². The van der Waals surface area contributed by atoms with Crippen molar-refractivity contribution in [2.75, 3.05) is 13.2 Å². The summed E-state index contributed by atoms with van der Waals surface area (Å²) >= 11 is 0. The molecule has 0 radical (unpaired) electrons. The molecule has 2 aliphatic heterocycles. The number of hydrogen-bond donors (Lipinski definition) is 1. The van der Waals surface area contributed by atoms with E-state index in [2.05, 4.69) is 0 Å². The van der Waals surface area contributed by atoms with Gasteiger partial charge in [-0.05, 0) is 11.1 Å². The minimum atomic E-state index is -0.732. The molecule has 2 aliphatic rings. The van der Waals surface area contributed by atoms with E-state index < -0.39 is 18.2 Å². The molecule has 2 heterocycles. The quantitative estimate of drug-likeness (QED) is 0.876. The minimum Gasteiger partial charge on any atom is -0.445 e. The molecule has 1 unspecified atom stereocenters. The normalized spacial score (nSPS) is 26.8. The molecule has 1 amide bonds. The summed E-state index contributed by atoms with van der Waals surface area (Å²) in [5.74, 6) is 0. The van der Waals surface area contributed by atoms with Crippen LogP contribution in [0.15, 0.2) is 60.7 Å². The van der Waals surface area contributed by atoms with Crippen LogP contribution in [0, 0.1) is 0 Å². The lowest BCUT2D eigenvalue weighted by molar-refractivity contribution is -0.0397. The summed E-state index contributed by atoms with van der Waals surface area (Å²) in [5, 5.41) is 10.3. The Balaban J connectivity index is 1.39. The van der Waals surface area contributed by atoms with Crippen LogP contribution in [-0.4, -0.2) is 53.6 Å². The van der Waals surface area contributed by atoms with Crippen LogP contribution in [0.1, 0.15) is 11.1 Å². The Bertz CT molecular complexity index is 754. The lowest BCUT2D eigenvalue weighted by Gasteiger charge is -2.24. The largest absolute Gasteiger partial charge is 0.445 e. The molecule has 4 atom stereocenters. The summed E-state index contributed by atoms with van der Waals surface area (Å²) in [6.45, 7) is 1.16. The third kappa shape index (κ3) is 3.98. The van der Waals surface area contributed by atoms with Crippen molar-refractivity contribution >= 4 is 6.09 Å². The van der Waals surface area contributed by atoms with Crippen LogP contribution < -0.4 is 0 Å². The fourth-order valence-corrected chi connectivity index (χ4v) is 3.68. The summed E-state index contributed by atoms with van der Waals surface area (Å²) in [6.07, 6.45) is -1.82. The van der Waals surface area contributed by atoms with Crippen molar-refractivity contribution in [2.45, 2.75) is 37.6 Å². The molecule has 0 bridgehead atoms. The number of benzene rings is 2. The maximum atomic E-state index is 12.6. The van der Waals surface area contributed by atoms with E-state index in [9.17, 15) is 9.90 Å². The van der Waals surface area contributed by atoms with Crippen LogP contribution in [0.2, 0.25) is 0 Å². The second-order valence-corrected chi connectivity index (χ2v) is 6.88. The van der Waals surface area contributed by atoms with Gasteiger partial charge in [0.05, 0.1) is 25.8 Å². The molecule has 2 aromatic carbocycles. The van der Waals surface area contributed by atoms with Gasteiger partial charge in [-0.15, -0.1) is 0 Å². The van der Waals surface area contributed by atoms with Crippen molar-refractivity contribution in [3.63, 3.8) is 0 Å². The zero-order valence-corrected chi connectivity index (χ0v) is 14.9. The van der Waals surface area contributed by atoms with E-state index in [1.807, 2.05) is 60.7 Å². The molecular weight excluding hydrogens is 346 g/mol. The minimum absolute atomic E-state index is 0.194. The first-order valence-electron chi connectivity index (χ1n) is 9.15. The number of amides is 1. The number of likely N-dealkylation sites (tertiary alicyclic amines) is 1. The molecule has 4 rings (SSSR count). The molecule has 6 nitrogen and oxygen atoms in total. The van der Waals surface area contributed by atoms with Gasteiger partial charge in [-0.3, -0.25) is 4.90 Å². The van der Waals surface area contributed by atoms with E-state index in [1.54, 1.807) is 4.90 Å². The first-order chi connectivity index (χ1) is 13.2. The molecule has 0 spiro atoms. The van der Waals surface area contributed by atoms with Crippen LogP contribution in [0.3, 0.4) is 0 Å². The van der Waals surface area contributed by atoms with E-state index in [1.165, 1.54) is 0 Å². The topological polar surface area (TPSA) is 68.2 Å². The molecule has 1 N–H and O–H groups in total. The highest BCUT2D eigenvalue weighted by atomic mass is 16.6. The van der Waals surface area contributed by atoms with Crippen LogP contribution in [-0.2, 0) is 27.4 Å². The van der Waals surface area contributed by atoms with E-state index in [0.29, 0.717) is 13.2 Å². The fourth-order valence-electron chi connectivity index (χ4n) is 3.68. The second-order valence-electron chi connectivity index (χ2n) is 6.88.